The Bertz CT molecular complexity index is 841. The van der Waals surface area contributed by atoms with Gasteiger partial charge in [0.2, 0.25) is 0 Å². The lowest BCUT2D eigenvalue weighted by Crippen LogP contribution is -2.43. The molecule has 3 heterocycles. The van der Waals surface area contributed by atoms with E-state index in [4.69, 9.17) is 0 Å². The Morgan fingerprint density at radius 3 is 2.83 bits per heavy atom. The molecule has 24 heavy (non-hydrogen) atoms. The fourth-order valence-corrected chi connectivity index (χ4v) is 3.44. The second kappa shape index (κ2) is 6.11. The lowest BCUT2D eigenvalue weighted by atomic mass is 10.0. The Morgan fingerprint density at radius 2 is 2.00 bits per heavy atom. The minimum atomic E-state index is 0.424. The van der Waals surface area contributed by atoms with Gasteiger partial charge in [0.1, 0.15) is 12.1 Å². The van der Waals surface area contributed by atoms with Gasteiger partial charge in [-0.25, -0.2) is 4.98 Å². The summed E-state index contributed by atoms with van der Waals surface area (Å²) in [5.74, 6) is 1.79. The number of nitrogens with zero attached hydrogens (tertiary/aromatic N) is 5. The van der Waals surface area contributed by atoms with Crippen molar-refractivity contribution in [3.05, 3.63) is 47.9 Å². The van der Waals surface area contributed by atoms with Crippen molar-refractivity contribution >= 4 is 17.3 Å². The molecule has 3 aromatic rings. The van der Waals surface area contributed by atoms with Gasteiger partial charge in [-0.05, 0) is 38.8 Å². The quantitative estimate of drug-likeness (QED) is 0.803. The number of nitrogens with one attached hydrogen (secondary N) is 1. The molecule has 1 fully saturated rings. The van der Waals surface area contributed by atoms with Gasteiger partial charge in [0.15, 0.2) is 0 Å². The Morgan fingerprint density at radius 1 is 1.17 bits per heavy atom. The van der Waals surface area contributed by atoms with E-state index in [2.05, 4.69) is 56.5 Å². The normalized spacial score (nSPS) is 18.1. The predicted molar refractivity (Wildman–Crippen MR) is 95.6 cm³/mol. The second-order valence-electron chi connectivity index (χ2n) is 6.41. The number of fused-ring (bicyclic) bond motifs is 1. The van der Waals surface area contributed by atoms with Crippen molar-refractivity contribution in [2.45, 2.75) is 32.7 Å². The van der Waals surface area contributed by atoms with Gasteiger partial charge in [0, 0.05) is 36.1 Å². The highest BCUT2D eigenvalue weighted by Crippen LogP contribution is 2.26. The summed E-state index contributed by atoms with van der Waals surface area (Å²) in [6, 6.07) is 10.8. The smallest absolute Gasteiger partial charge is 0.254 e. The summed E-state index contributed by atoms with van der Waals surface area (Å²) in [5, 5.41) is 8.04. The van der Waals surface area contributed by atoms with Crippen LogP contribution in [0.25, 0.3) is 5.78 Å². The summed E-state index contributed by atoms with van der Waals surface area (Å²) < 4.78 is 1.87. The SMILES string of the molecule is Cc1nc2ncnn2c(N2CCCC(Nc3ccccc3)C2)c1C. The molecule has 0 saturated carbocycles. The maximum atomic E-state index is 4.52. The third-order valence-electron chi connectivity index (χ3n) is 4.74. The standard InChI is InChI=1S/C18H22N6/c1-13-14(2)21-18-19-12-20-24(18)17(13)23-10-6-9-16(11-23)22-15-7-4-3-5-8-15/h3-5,7-8,12,16,22H,6,9-11H2,1-2H3. The van der Waals surface area contributed by atoms with E-state index in [0.29, 0.717) is 11.8 Å². The Kier molecular flexibility index (Phi) is 3.80. The van der Waals surface area contributed by atoms with Crippen molar-refractivity contribution in [3.8, 4) is 0 Å². The van der Waals surface area contributed by atoms with Crippen LogP contribution in [0.5, 0.6) is 0 Å². The number of hydrogen-bond donors (Lipinski definition) is 1. The number of aryl methyl sites for hydroxylation is 1. The molecule has 1 aliphatic rings. The summed E-state index contributed by atoms with van der Waals surface area (Å²) in [4.78, 5) is 11.2. The number of hydrogen-bond acceptors (Lipinski definition) is 5. The van der Waals surface area contributed by atoms with Crippen LogP contribution in [0.3, 0.4) is 0 Å². The third-order valence-corrected chi connectivity index (χ3v) is 4.74. The monoisotopic (exact) mass is 322 g/mol. The molecule has 4 rings (SSSR count). The number of para-hydroxylation sites is 1. The van der Waals surface area contributed by atoms with Crippen molar-refractivity contribution in [3.63, 3.8) is 0 Å². The van der Waals surface area contributed by atoms with Crippen molar-refractivity contribution in [1.29, 1.82) is 0 Å². The van der Waals surface area contributed by atoms with Crippen LogP contribution >= 0.6 is 0 Å². The lowest BCUT2D eigenvalue weighted by Gasteiger charge is -2.36. The Hall–Kier alpha value is -2.63. The molecule has 6 heteroatoms. The van der Waals surface area contributed by atoms with Crippen LogP contribution in [0, 0.1) is 13.8 Å². The van der Waals surface area contributed by atoms with Crippen LogP contribution in [-0.2, 0) is 0 Å². The van der Waals surface area contributed by atoms with E-state index in [9.17, 15) is 0 Å². The highest BCUT2D eigenvalue weighted by molar-refractivity contribution is 5.55. The average molecular weight is 322 g/mol. The van der Waals surface area contributed by atoms with Crippen LogP contribution in [0.2, 0.25) is 0 Å². The fraction of sp³-hybridized carbons (Fsp3) is 0.389. The van der Waals surface area contributed by atoms with Gasteiger partial charge in [-0.2, -0.15) is 14.6 Å². The molecular formula is C18H22N6. The second-order valence-corrected chi connectivity index (χ2v) is 6.41. The molecular weight excluding hydrogens is 300 g/mol. The van der Waals surface area contributed by atoms with Crippen molar-refractivity contribution in [1.82, 2.24) is 19.6 Å². The molecule has 0 spiro atoms. The van der Waals surface area contributed by atoms with E-state index in [1.165, 1.54) is 17.7 Å². The molecule has 0 aliphatic carbocycles. The molecule has 1 unspecified atom stereocenters. The van der Waals surface area contributed by atoms with Gasteiger partial charge in [0.25, 0.3) is 5.78 Å². The zero-order chi connectivity index (χ0) is 16.5. The van der Waals surface area contributed by atoms with E-state index in [0.717, 1.165) is 31.0 Å². The van der Waals surface area contributed by atoms with Gasteiger partial charge < -0.3 is 10.2 Å². The minimum Gasteiger partial charge on any atom is -0.381 e. The number of piperidine rings is 1. The van der Waals surface area contributed by atoms with E-state index in [1.807, 2.05) is 17.5 Å². The zero-order valence-corrected chi connectivity index (χ0v) is 14.1. The van der Waals surface area contributed by atoms with Crippen LogP contribution in [-0.4, -0.2) is 38.7 Å². The van der Waals surface area contributed by atoms with Crippen LogP contribution in [0.4, 0.5) is 11.5 Å². The van der Waals surface area contributed by atoms with Gasteiger partial charge in [-0.1, -0.05) is 18.2 Å². The van der Waals surface area contributed by atoms with Gasteiger partial charge in [0.05, 0.1) is 0 Å². The predicted octanol–water partition coefficient (Wildman–Crippen LogP) is 2.82. The third kappa shape index (κ3) is 2.68. The van der Waals surface area contributed by atoms with E-state index >= 15 is 0 Å². The minimum absolute atomic E-state index is 0.424. The molecule has 1 N–H and O–H groups in total. The number of benzene rings is 1. The maximum Gasteiger partial charge on any atom is 0.254 e. The van der Waals surface area contributed by atoms with Crippen LogP contribution < -0.4 is 10.2 Å². The molecule has 1 aliphatic heterocycles. The van der Waals surface area contributed by atoms with E-state index in [-0.39, 0.29) is 0 Å². The summed E-state index contributed by atoms with van der Waals surface area (Å²) in [5.41, 5.74) is 3.37. The summed E-state index contributed by atoms with van der Waals surface area (Å²) in [7, 11) is 0. The maximum absolute atomic E-state index is 4.52. The number of anilines is 2. The first kappa shape index (κ1) is 14.9. The lowest BCUT2D eigenvalue weighted by molar-refractivity contribution is 0.522. The highest BCUT2D eigenvalue weighted by Gasteiger charge is 2.24. The van der Waals surface area contributed by atoms with E-state index < -0.39 is 0 Å². The molecule has 0 amide bonds. The highest BCUT2D eigenvalue weighted by atomic mass is 15.4. The molecule has 0 bridgehead atoms. The van der Waals surface area contributed by atoms with Crippen LogP contribution in [0.15, 0.2) is 36.7 Å². The summed E-state index contributed by atoms with van der Waals surface area (Å²) in [6.07, 6.45) is 3.91. The molecule has 1 aromatic carbocycles. The zero-order valence-electron chi connectivity index (χ0n) is 14.1. The molecule has 0 radical (unpaired) electrons. The van der Waals surface area contributed by atoms with E-state index in [1.54, 1.807) is 6.33 Å². The van der Waals surface area contributed by atoms with Crippen molar-refractivity contribution in [2.75, 3.05) is 23.3 Å². The summed E-state index contributed by atoms with van der Waals surface area (Å²) in [6.45, 7) is 6.14. The van der Waals surface area contributed by atoms with Gasteiger partial charge in [-0.3, -0.25) is 0 Å². The Balaban J connectivity index is 1.63. The van der Waals surface area contributed by atoms with Crippen LogP contribution in [0.1, 0.15) is 24.1 Å². The molecule has 2 aromatic heterocycles. The van der Waals surface area contributed by atoms with Crippen molar-refractivity contribution < 1.29 is 0 Å². The molecule has 1 saturated heterocycles. The topological polar surface area (TPSA) is 58.4 Å². The van der Waals surface area contributed by atoms with Gasteiger partial charge >= 0.3 is 0 Å². The number of aromatic nitrogens is 4. The molecule has 6 nitrogen and oxygen atoms in total. The van der Waals surface area contributed by atoms with Gasteiger partial charge in [-0.15, -0.1) is 0 Å². The summed E-state index contributed by atoms with van der Waals surface area (Å²) >= 11 is 0. The largest absolute Gasteiger partial charge is 0.381 e. The first-order valence-electron chi connectivity index (χ1n) is 8.46. The molecule has 124 valence electrons. The first-order valence-corrected chi connectivity index (χ1v) is 8.46. The average Bonchev–Trinajstić information content (AvgIpc) is 3.04. The first-order chi connectivity index (χ1) is 11.7. The van der Waals surface area contributed by atoms with Crippen molar-refractivity contribution in [2.24, 2.45) is 0 Å². The molecule has 1 atom stereocenters. The number of rotatable bonds is 3. The Labute approximate surface area is 141 Å². The fourth-order valence-electron chi connectivity index (χ4n) is 3.44.